The molecule has 4 rings (SSSR count). The second-order valence-corrected chi connectivity index (χ2v) is 11.2. The summed E-state index contributed by atoms with van der Waals surface area (Å²) in [6.45, 7) is 0. The number of nitrogens with one attached hydrogen (secondary N) is 2. The number of thioether (sulfide) groups is 1. The summed E-state index contributed by atoms with van der Waals surface area (Å²) >= 11 is 1.60. The molecule has 0 bridgehead atoms. The first-order chi connectivity index (χ1) is 13.4. The number of hydrogen-bond acceptors (Lipinski definition) is 6. The highest BCUT2D eigenvalue weighted by atomic mass is 32.2. The van der Waals surface area contributed by atoms with Crippen molar-refractivity contribution in [2.24, 2.45) is 0 Å². The third kappa shape index (κ3) is 5.31. The molecule has 0 amide bonds. The van der Waals surface area contributed by atoms with Crippen LogP contribution in [0.3, 0.4) is 0 Å². The zero-order valence-electron chi connectivity index (χ0n) is 15.5. The summed E-state index contributed by atoms with van der Waals surface area (Å²) in [5.74, 6) is 0.830. The Morgan fingerprint density at radius 1 is 1.17 bits per heavy atom. The van der Waals surface area contributed by atoms with E-state index in [1.54, 1.807) is 17.8 Å². The molecule has 1 aromatic heterocycles. The molecule has 2 aromatic rings. The van der Waals surface area contributed by atoms with Gasteiger partial charge >= 0.3 is 0 Å². The fraction of sp³-hybridized carbons (Fsp3) is 0.600. The normalized spacial score (nSPS) is 19.9. The zero-order chi connectivity index (χ0) is 19.7. The first-order valence-electron chi connectivity index (χ1n) is 9.71. The highest BCUT2D eigenvalue weighted by Gasteiger charge is 2.24. The standard InChI is InChI=1S/C19H24FN3O3S2.CH4/c20-15-9-13(21-12-3-1-2-4-12)10-16-18(15)19(24)23-17(22-16)11-27-14-5-7-28(25,26)8-6-14;/h9-10,12,14,21H,1-8,11H2,(H,22,23,24);1H4. The molecule has 2 fully saturated rings. The van der Waals surface area contributed by atoms with Crippen LogP contribution >= 0.6 is 11.8 Å². The molecule has 0 radical (unpaired) electrons. The molecular weight excluding hydrogens is 413 g/mol. The molecule has 2 N–H and O–H groups in total. The molecule has 1 aliphatic carbocycles. The second kappa shape index (κ2) is 9.04. The minimum Gasteiger partial charge on any atom is -0.382 e. The van der Waals surface area contributed by atoms with Crippen molar-refractivity contribution in [3.05, 3.63) is 34.1 Å². The van der Waals surface area contributed by atoms with Crippen molar-refractivity contribution < 1.29 is 12.8 Å². The number of fused-ring (bicyclic) bond motifs is 1. The molecule has 6 nitrogen and oxygen atoms in total. The molecule has 9 heteroatoms. The fourth-order valence-electron chi connectivity index (χ4n) is 3.96. The van der Waals surface area contributed by atoms with Crippen LogP contribution in [0.4, 0.5) is 10.1 Å². The quantitative estimate of drug-likeness (QED) is 0.732. The Morgan fingerprint density at radius 2 is 1.86 bits per heavy atom. The maximum Gasteiger partial charge on any atom is 0.261 e. The summed E-state index contributed by atoms with van der Waals surface area (Å²) in [4.78, 5) is 19.5. The summed E-state index contributed by atoms with van der Waals surface area (Å²) < 4.78 is 37.6. The summed E-state index contributed by atoms with van der Waals surface area (Å²) in [6, 6.07) is 3.46. The Balaban J connectivity index is 0.00000240. The van der Waals surface area contributed by atoms with Crippen LogP contribution in [0.15, 0.2) is 16.9 Å². The van der Waals surface area contributed by atoms with Gasteiger partial charge in [-0.2, -0.15) is 11.8 Å². The summed E-state index contributed by atoms with van der Waals surface area (Å²) in [6.07, 6.45) is 5.73. The smallest absolute Gasteiger partial charge is 0.261 e. The Morgan fingerprint density at radius 3 is 2.55 bits per heavy atom. The van der Waals surface area contributed by atoms with Gasteiger partial charge in [-0.3, -0.25) is 4.79 Å². The minimum atomic E-state index is -2.89. The van der Waals surface area contributed by atoms with Crippen LogP contribution in [-0.2, 0) is 15.6 Å². The number of hydrogen-bond donors (Lipinski definition) is 2. The Labute approximate surface area is 175 Å². The van der Waals surface area contributed by atoms with Crippen molar-refractivity contribution in [3.63, 3.8) is 0 Å². The highest BCUT2D eigenvalue weighted by Crippen LogP contribution is 2.28. The van der Waals surface area contributed by atoms with Crippen LogP contribution in [0, 0.1) is 5.82 Å². The molecule has 1 aromatic carbocycles. The number of anilines is 1. The SMILES string of the molecule is C.O=c1[nH]c(CSC2CCS(=O)(=O)CC2)nc2cc(NC3CCCC3)cc(F)c12. The predicted molar refractivity (Wildman–Crippen MR) is 118 cm³/mol. The third-order valence-electron chi connectivity index (χ3n) is 5.49. The van der Waals surface area contributed by atoms with Gasteiger partial charge in [-0.15, -0.1) is 0 Å². The van der Waals surface area contributed by atoms with E-state index in [4.69, 9.17) is 0 Å². The molecule has 0 atom stereocenters. The summed E-state index contributed by atoms with van der Waals surface area (Å²) in [7, 11) is -2.89. The van der Waals surface area contributed by atoms with E-state index in [1.165, 1.54) is 18.9 Å². The van der Waals surface area contributed by atoms with Crippen LogP contribution in [-0.4, -0.2) is 41.2 Å². The van der Waals surface area contributed by atoms with Gasteiger partial charge in [-0.1, -0.05) is 20.3 Å². The van der Waals surface area contributed by atoms with Crippen LogP contribution in [0.1, 0.15) is 51.8 Å². The number of benzene rings is 1. The van der Waals surface area contributed by atoms with Gasteiger partial charge in [0.05, 0.1) is 22.8 Å². The Kier molecular flexibility index (Phi) is 6.88. The van der Waals surface area contributed by atoms with Gasteiger partial charge in [0.2, 0.25) is 0 Å². The van der Waals surface area contributed by atoms with Gasteiger partial charge in [0.25, 0.3) is 5.56 Å². The lowest BCUT2D eigenvalue weighted by atomic mass is 10.2. The largest absolute Gasteiger partial charge is 0.382 e. The van der Waals surface area contributed by atoms with E-state index in [1.807, 2.05) is 0 Å². The lowest BCUT2D eigenvalue weighted by Crippen LogP contribution is -2.25. The lowest BCUT2D eigenvalue weighted by Gasteiger charge is -2.21. The molecule has 160 valence electrons. The van der Waals surface area contributed by atoms with E-state index < -0.39 is 21.2 Å². The number of aromatic amines is 1. The van der Waals surface area contributed by atoms with Crippen LogP contribution in [0.25, 0.3) is 10.9 Å². The van der Waals surface area contributed by atoms with Crippen molar-refractivity contribution in [1.29, 1.82) is 0 Å². The van der Waals surface area contributed by atoms with Gasteiger partial charge in [0, 0.05) is 17.0 Å². The number of sulfone groups is 1. The van der Waals surface area contributed by atoms with Crippen LogP contribution < -0.4 is 10.9 Å². The molecule has 1 saturated carbocycles. The van der Waals surface area contributed by atoms with Crippen molar-refractivity contribution in [3.8, 4) is 0 Å². The number of H-pyrrole nitrogens is 1. The van der Waals surface area contributed by atoms with E-state index in [0.717, 1.165) is 12.8 Å². The third-order valence-corrected chi connectivity index (χ3v) is 8.59. The molecule has 1 saturated heterocycles. The summed E-state index contributed by atoms with van der Waals surface area (Å²) in [5.41, 5.74) is 0.536. The van der Waals surface area contributed by atoms with E-state index >= 15 is 0 Å². The van der Waals surface area contributed by atoms with Gasteiger partial charge in [0.1, 0.15) is 26.9 Å². The Bertz CT molecular complexity index is 1020. The molecular formula is C20H28FN3O3S2. The van der Waals surface area contributed by atoms with Crippen molar-refractivity contribution >= 4 is 38.2 Å². The minimum absolute atomic E-state index is 0. The molecule has 0 spiro atoms. The van der Waals surface area contributed by atoms with E-state index in [-0.39, 0.29) is 29.6 Å². The second-order valence-electron chi connectivity index (χ2n) is 7.65. The Hall–Kier alpha value is -1.61. The maximum absolute atomic E-state index is 14.5. The first-order valence-corrected chi connectivity index (χ1v) is 12.6. The number of nitrogens with zero attached hydrogens (tertiary/aromatic N) is 1. The molecule has 29 heavy (non-hydrogen) atoms. The van der Waals surface area contributed by atoms with Crippen molar-refractivity contribution in [2.75, 3.05) is 16.8 Å². The van der Waals surface area contributed by atoms with Crippen LogP contribution in [0.5, 0.6) is 0 Å². The van der Waals surface area contributed by atoms with E-state index in [2.05, 4.69) is 15.3 Å². The van der Waals surface area contributed by atoms with Crippen molar-refractivity contribution in [1.82, 2.24) is 9.97 Å². The summed E-state index contributed by atoms with van der Waals surface area (Å²) in [5, 5.41) is 3.56. The maximum atomic E-state index is 14.5. The molecule has 1 aliphatic heterocycles. The van der Waals surface area contributed by atoms with E-state index in [0.29, 0.717) is 41.7 Å². The molecule has 0 unspecified atom stereocenters. The van der Waals surface area contributed by atoms with Gasteiger partial charge in [-0.05, 0) is 37.8 Å². The topological polar surface area (TPSA) is 91.9 Å². The van der Waals surface area contributed by atoms with Crippen molar-refractivity contribution in [2.45, 2.75) is 63.0 Å². The van der Waals surface area contributed by atoms with Gasteiger partial charge < -0.3 is 10.3 Å². The number of halogens is 1. The predicted octanol–water partition coefficient (Wildman–Crippen LogP) is 3.86. The number of aromatic nitrogens is 2. The lowest BCUT2D eigenvalue weighted by molar-refractivity contribution is 0.577. The molecule has 2 heterocycles. The van der Waals surface area contributed by atoms with Gasteiger partial charge in [0.15, 0.2) is 0 Å². The fourth-order valence-corrected chi connectivity index (χ4v) is 6.85. The number of rotatable bonds is 5. The zero-order valence-corrected chi connectivity index (χ0v) is 17.2. The van der Waals surface area contributed by atoms with E-state index in [9.17, 15) is 17.6 Å². The molecule has 2 aliphatic rings. The first kappa shape index (κ1) is 22.1. The average molecular weight is 442 g/mol. The highest BCUT2D eigenvalue weighted by molar-refractivity contribution is 7.99. The van der Waals surface area contributed by atoms with Gasteiger partial charge in [-0.25, -0.2) is 17.8 Å². The average Bonchev–Trinajstić information content (AvgIpc) is 3.13. The van der Waals surface area contributed by atoms with Crippen LogP contribution in [0.2, 0.25) is 0 Å². The monoisotopic (exact) mass is 441 g/mol.